The standard InChI is InChI=1S/C11H12Br2O2/c1-3-7-5-8(11(14)15-4-2)10(13)6-9(7)12/h5-6H,3-4H2,1-2H3. The van der Waals surface area contributed by atoms with E-state index in [1.807, 2.05) is 19.1 Å². The van der Waals surface area contributed by atoms with Crippen LogP contribution in [0.4, 0.5) is 0 Å². The van der Waals surface area contributed by atoms with Gasteiger partial charge in [0, 0.05) is 8.95 Å². The Bertz CT molecular complexity index is 375. The maximum Gasteiger partial charge on any atom is 0.339 e. The van der Waals surface area contributed by atoms with Crippen LogP contribution in [-0.2, 0) is 11.2 Å². The molecule has 0 radical (unpaired) electrons. The Morgan fingerprint density at radius 3 is 2.47 bits per heavy atom. The van der Waals surface area contributed by atoms with Crippen molar-refractivity contribution in [2.45, 2.75) is 20.3 Å². The summed E-state index contributed by atoms with van der Waals surface area (Å²) in [5.74, 6) is -0.286. The van der Waals surface area contributed by atoms with Gasteiger partial charge < -0.3 is 4.74 Å². The second-order valence-corrected chi connectivity index (χ2v) is 4.71. The van der Waals surface area contributed by atoms with Crippen LogP contribution >= 0.6 is 31.9 Å². The van der Waals surface area contributed by atoms with Crippen molar-refractivity contribution in [3.8, 4) is 0 Å². The highest BCUT2D eigenvalue weighted by molar-refractivity contribution is 9.11. The molecule has 15 heavy (non-hydrogen) atoms. The number of rotatable bonds is 3. The van der Waals surface area contributed by atoms with Crippen LogP contribution in [0.15, 0.2) is 21.1 Å². The van der Waals surface area contributed by atoms with Gasteiger partial charge in [0.1, 0.15) is 0 Å². The Kier molecular flexibility index (Phi) is 4.80. The minimum absolute atomic E-state index is 0.286. The van der Waals surface area contributed by atoms with Gasteiger partial charge in [0.2, 0.25) is 0 Å². The number of benzene rings is 1. The number of aryl methyl sites for hydroxylation is 1. The van der Waals surface area contributed by atoms with Crippen molar-refractivity contribution >= 4 is 37.8 Å². The van der Waals surface area contributed by atoms with Gasteiger partial charge in [0.15, 0.2) is 0 Å². The van der Waals surface area contributed by atoms with Crippen LogP contribution in [0, 0.1) is 0 Å². The lowest BCUT2D eigenvalue weighted by Gasteiger charge is -2.08. The maximum absolute atomic E-state index is 11.6. The lowest BCUT2D eigenvalue weighted by atomic mass is 10.1. The molecule has 0 spiro atoms. The van der Waals surface area contributed by atoms with Crippen molar-refractivity contribution in [3.63, 3.8) is 0 Å². The minimum atomic E-state index is -0.286. The van der Waals surface area contributed by atoms with Crippen molar-refractivity contribution in [1.82, 2.24) is 0 Å². The molecule has 0 saturated heterocycles. The first-order valence-electron chi connectivity index (χ1n) is 4.75. The second kappa shape index (κ2) is 5.66. The summed E-state index contributed by atoms with van der Waals surface area (Å²) in [6.07, 6.45) is 0.875. The second-order valence-electron chi connectivity index (χ2n) is 3.00. The van der Waals surface area contributed by atoms with E-state index in [9.17, 15) is 4.79 Å². The maximum atomic E-state index is 11.6. The molecule has 0 atom stereocenters. The summed E-state index contributed by atoms with van der Waals surface area (Å²) < 4.78 is 6.72. The van der Waals surface area contributed by atoms with Crippen molar-refractivity contribution in [2.75, 3.05) is 6.61 Å². The fraction of sp³-hybridized carbons (Fsp3) is 0.364. The molecule has 1 aromatic carbocycles. The van der Waals surface area contributed by atoms with Crippen LogP contribution in [0.1, 0.15) is 29.8 Å². The van der Waals surface area contributed by atoms with Crippen molar-refractivity contribution in [1.29, 1.82) is 0 Å². The van der Waals surface area contributed by atoms with Gasteiger partial charge in [-0.3, -0.25) is 0 Å². The van der Waals surface area contributed by atoms with E-state index in [2.05, 4.69) is 31.9 Å². The number of halogens is 2. The predicted octanol–water partition coefficient (Wildman–Crippen LogP) is 3.95. The summed E-state index contributed by atoms with van der Waals surface area (Å²) in [6, 6.07) is 3.73. The van der Waals surface area contributed by atoms with Gasteiger partial charge in [-0.05, 0) is 47.0 Å². The minimum Gasteiger partial charge on any atom is -0.462 e. The fourth-order valence-electron chi connectivity index (χ4n) is 1.23. The first-order valence-corrected chi connectivity index (χ1v) is 6.33. The van der Waals surface area contributed by atoms with E-state index < -0.39 is 0 Å². The van der Waals surface area contributed by atoms with E-state index in [0.717, 1.165) is 20.9 Å². The smallest absolute Gasteiger partial charge is 0.339 e. The summed E-state index contributed by atoms with van der Waals surface area (Å²) in [5.41, 5.74) is 1.68. The number of carbonyl (C=O) groups is 1. The number of esters is 1. The fourth-order valence-corrected chi connectivity index (χ4v) is 2.67. The van der Waals surface area contributed by atoms with Gasteiger partial charge >= 0.3 is 5.97 Å². The molecule has 0 aliphatic rings. The molecule has 4 heteroatoms. The first kappa shape index (κ1) is 12.7. The van der Waals surface area contributed by atoms with Crippen molar-refractivity contribution in [2.24, 2.45) is 0 Å². The molecule has 0 amide bonds. The lowest BCUT2D eigenvalue weighted by molar-refractivity contribution is 0.0525. The van der Waals surface area contributed by atoms with Gasteiger partial charge in [-0.15, -0.1) is 0 Å². The Morgan fingerprint density at radius 2 is 1.93 bits per heavy atom. The van der Waals surface area contributed by atoms with Gasteiger partial charge in [-0.25, -0.2) is 4.79 Å². The third-order valence-corrected chi connectivity index (χ3v) is 3.41. The predicted molar refractivity (Wildman–Crippen MR) is 67.2 cm³/mol. The molecule has 1 aromatic rings. The van der Waals surface area contributed by atoms with Gasteiger partial charge in [0.25, 0.3) is 0 Å². The molecular weight excluding hydrogens is 324 g/mol. The number of hydrogen-bond donors (Lipinski definition) is 0. The normalized spacial score (nSPS) is 10.1. The highest BCUT2D eigenvalue weighted by Crippen LogP contribution is 2.27. The topological polar surface area (TPSA) is 26.3 Å². The molecule has 0 heterocycles. The van der Waals surface area contributed by atoms with Crippen LogP contribution in [0.25, 0.3) is 0 Å². The number of hydrogen-bond acceptors (Lipinski definition) is 2. The van der Waals surface area contributed by atoms with E-state index in [-0.39, 0.29) is 5.97 Å². The molecule has 0 unspecified atom stereocenters. The molecule has 0 bridgehead atoms. The molecule has 0 aliphatic heterocycles. The molecule has 1 rings (SSSR count). The Morgan fingerprint density at radius 1 is 1.27 bits per heavy atom. The molecule has 0 N–H and O–H groups in total. The number of carbonyl (C=O) groups excluding carboxylic acids is 1. The summed E-state index contributed by atoms with van der Waals surface area (Å²) in [7, 11) is 0. The number of ether oxygens (including phenoxy) is 1. The lowest BCUT2D eigenvalue weighted by Crippen LogP contribution is -2.06. The zero-order valence-corrected chi connectivity index (χ0v) is 11.8. The highest BCUT2D eigenvalue weighted by Gasteiger charge is 2.13. The quantitative estimate of drug-likeness (QED) is 0.782. The third-order valence-electron chi connectivity index (χ3n) is 2.01. The van der Waals surface area contributed by atoms with Crippen molar-refractivity contribution in [3.05, 3.63) is 32.2 Å². The van der Waals surface area contributed by atoms with E-state index in [1.165, 1.54) is 0 Å². The van der Waals surface area contributed by atoms with Crippen LogP contribution in [-0.4, -0.2) is 12.6 Å². The molecule has 0 saturated carbocycles. The van der Waals surface area contributed by atoms with Crippen LogP contribution in [0.3, 0.4) is 0 Å². The third kappa shape index (κ3) is 3.05. The Hall–Kier alpha value is -0.350. The zero-order chi connectivity index (χ0) is 11.4. The summed E-state index contributed by atoms with van der Waals surface area (Å²) in [4.78, 5) is 11.6. The van der Waals surface area contributed by atoms with E-state index in [4.69, 9.17) is 4.74 Å². The first-order chi connectivity index (χ1) is 7.10. The van der Waals surface area contributed by atoms with E-state index in [1.54, 1.807) is 6.92 Å². The van der Waals surface area contributed by atoms with Crippen LogP contribution in [0.2, 0.25) is 0 Å². The van der Waals surface area contributed by atoms with Gasteiger partial charge in [-0.1, -0.05) is 22.9 Å². The van der Waals surface area contributed by atoms with Gasteiger partial charge in [-0.2, -0.15) is 0 Å². The SMILES string of the molecule is CCOC(=O)c1cc(CC)c(Br)cc1Br. The van der Waals surface area contributed by atoms with E-state index in [0.29, 0.717) is 12.2 Å². The zero-order valence-electron chi connectivity index (χ0n) is 8.64. The van der Waals surface area contributed by atoms with Crippen molar-refractivity contribution < 1.29 is 9.53 Å². The molecular formula is C11H12Br2O2. The average molecular weight is 336 g/mol. The molecule has 0 aliphatic carbocycles. The highest BCUT2D eigenvalue weighted by atomic mass is 79.9. The molecule has 0 aromatic heterocycles. The van der Waals surface area contributed by atoms with Gasteiger partial charge in [0.05, 0.1) is 12.2 Å². The van der Waals surface area contributed by atoms with Crippen LogP contribution < -0.4 is 0 Å². The monoisotopic (exact) mass is 334 g/mol. The molecule has 2 nitrogen and oxygen atoms in total. The van der Waals surface area contributed by atoms with Crippen LogP contribution in [0.5, 0.6) is 0 Å². The summed E-state index contributed by atoms with van der Waals surface area (Å²) in [5, 5.41) is 0. The largest absolute Gasteiger partial charge is 0.462 e. The summed E-state index contributed by atoms with van der Waals surface area (Å²) >= 11 is 6.80. The average Bonchev–Trinajstić information content (AvgIpc) is 2.18. The molecule has 82 valence electrons. The van der Waals surface area contributed by atoms with E-state index >= 15 is 0 Å². The Labute approximate surface area is 106 Å². The molecule has 0 fully saturated rings. The summed E-state index contributed by atoms with van der Waals surface area (Å²) in [6.45, 7) is 4.23. The Balaban J connectivity index is 3.12.